The Bertz CT molecular complexity index is 502. The number of hydrogen-bond donors (Lipinski definition) is 3. The lowest BCUT2D eigenvalue weighted by molar-refractivity contribution is -0.139. The molecule has 1 aromatic carbocycles. The number of carbonyl (C=O) groups excluding carboxylic acids is 1. The number of carbonyl (C=O) groups is 2. The highest BCUT2D eigenvalue weighted by Gasteiger charge is 2.23. The smallest absolute Gasteiger partial charge is 0.317 e. The number of nitrogens with zero attached hydrogens (tertiary/aromatic N) is 1. The van der Waals surface area contributed by atoms with Crippen LogP contribution in [0.25, 0.3) is 0 Å². The van der Waals surface area contributed by atoms with E-state index in [1.165, 1.54) is 4.90 Å². The van der Waals surface area contributed by atoms with Crippen LogP contribution in [0.4, 0.5) is 11.4 Å². The van der Waals surface area contributed by atoms with Crippen molar-refractivity contribution in [2.75, 3.05) is 24.6 Å². The van der Waals surface area contributed by atoms with Crippen LogP contribution in [0.5, 0.6) is 0 Å². The van der Waals surface area contributed by atoms with Gasteiger partial charge in [0.1, 0.15) is 0 Å². The summed E-state index contributed by atoms with van der Waals surface area (Å²) in [6.07, 6.45) is 0.525. The molecule has 0 saturated carbocycles. The van der Waals surface area contributed by atoms with E-state index in [0.29, 0.717) is 17.8 Å². The minimum Gasteiger partial charge on any atom is -0.480 e. The van der Waals surface area contributed by atoms with E-state index in [4.69, 9.17) is 10.8 Å². The summed E-state index contributed by atoms with van der Waals surface area (Å²) in [5.74, 6) is -1.20. The summed E-state index contributed by atoms with van der Waals surface area (Å²) in [5, 5.41) is 11.5. The molecule has 0 aliphatic carbocycles. The third-order valence-electron chi connectivity index (χ3n) is 3.15. The summed E-state index contributed by atoms with van der Waals surface area (Å²) in [5.41, 5.74) is 7.95. The van der Waals surface area contributed by atoms with Gasteiger partial charge in [-0.25, -0.2) is 0 Å². The van der Waals surface area contributed by atoms with Gasteiger partial charge >= 0.3 is 5.97 Å². The van der Waals surface area contributed by atoms with Crippen molar-refractivity contribution in [2.24, 2.45) is 0 Å². The maximum atomic E-state index is 12.2. The van der Waals surface area contributed by atoms with Crippen molar-refractivity contribution < 1.29 is 14.7 Å². The first-order valence-electron chi connectivity index (χ1n) is 6.44. The van der Waals surface area contributed by atoms with Crippen LogP contribution in [0.1, 0.15) is 18.9 Å². The molecule has 1 rings (SSSR count). The number of nitrogen functional groups attached to an aromatic ring is 1. The first kappa shape index (κ1) is 16.0. The maximum absolute atomic E-state index is 12.2. The van der Waals surface area contributed by atoms with Crippen LogP contribution in [0.2, 0.25) is 0 Å². The van der Waals surface area contributed by atoms with Gasteiger partial charge in [0, 0.05) is 11.4 Å². The molecule has 0 saturated heterocycles. The standard InChI is InChI=1S/C14H21N3O3/c1-4-12(17(3)8-13(18)19)14(20)16-10-6-5-9(2)11(15)7-10/h5-7,12H,4,8,15H2,1-3H3,(H,16,20)(H,18,19). The number of benzene rings is 1. The second-order valence-electron chi connectivity index (χ2n) is 4.79. The number of nitrogens with one attached hydrogen (secondary N) is 1. The van der Waals surface area contributed by atoms with Crippen molar-refractivity contribution in [1.82, 2.24) is 4.90 Å². The van der Waals surface area contributed by atoms with Gasteiger partial charge in [0.25, 0.3) is 0 Å². The fraction of sp³-hybridized carbons (Fsp3) is 0.429. The molecule has 1 amide bonds. The van der Waals surface area contributed by atoms with E-state index in [9.17, 15) is 9.59 Å². The molecule has 0 aliphatic heterocycles. The lowest BCUT2D eigenvalue weighted by atomic mass is 10.1. The third-order valence-corrected chi connectivity index (χ3v) is 3.15. The summed E-state index contributed by atoms with van der Waals surface area (Å²) in [6, 6.07) is 4.80. The number of carboxylic acid groups (broad SMARTS) is 1. The summed E-state index contributed by atoms with van der Waals surface area (Å²) in [4.78, 5) is 24.4. The second kappa shape index (κ2) is 6.91. The molecule has 6 heteroatoms. The van der Waals surface area contributed by atoms with Gasteiger partial charge in [-0.3, -0.25) is 14.5 Å². The molecular formula is C14H21N3O3. The molecular weight excluding hydrogens is 258 g/mol. The zero-order valence-electron chi connectivity index (χ0n) is 12.0. The Labute approximate surface area is 118 Å². The zero-order chi connectivity index (χ0) is 15.3. The monoisotopic (exact) mass is 279 g/mol. The zero-order valence-corrected chi connectivity index (χ0v) is 12.0. The van der Waals surface area contributed by atoms with Crippen LogP contribution in [-0.2, 0) is 9.59 Å². The molecule has 0 heterocycles. The molecule has 0 bridgehead atoms. The van der Waals surface area contributed by atoms with E-state index in [-0.39, 0.29) is 12.5 Å². The quantitative estimate of drug-likeness (QED) is 0.682. The molecule has 1 atom stereocenters. The van der Waals surface area contributed by atoms with Crippen molar-refractivity contribution >= 4 is 23.3 Å². The van der Waals surface area contributed by atoms with Crippen molar-refractivity contribution in [3.05, 3.63) is 23.8 Å². The summed E-state index contributed by atoms with van der Waals surface area (Å²) < 4.78 is 0. The number of carboxylic acids is 1. The first-order valence-corrected chi connectivity index (χ1v) is 6.44. The van der Waals surface area contributed by atoms with Crippen LogP contribution in [0, 0.1) is 6.92 Å². The number of hydrogen-bond acceptors (Lipinski definition) is 4. The lowest BCUT2D eigenvalue weighted by Crippen LogP contribution is -2.43. The number of rotatable bonds is 6. The molecule has 6 nitrogen and oxygen atoms in total. The predicted octanol–water partition coefficient (Wildman–Crippen LogP) is 1.31. The maximum Gasteiger partial charge on any atom is 0.317 e. The van der Waals surface area contributed by atoms with E-state index in [1.54, 1.807) is 19.2 Å². The predicted molar refractivity (Wildman–Crippen MR) is 78.6 cm³/mol. The van der Waals surface area contributed by atoms with Crippen molar-refractivity contribution in [3.63, 3.8) is 0 Å². The van der Waals surface area contributed by atoms with Gasteiger partial charge in [0.05, 0.1) is 12.6 Å². The molecule has 110 valence electrons. The Morgan fingerprint density at radius 2 is 2.10 bits per heavy atom. The number of aliphatic carboxylic acids is 1. The molecule has 1 aromatic rings. The Morgan fingerprint density at radius 3 is 2.60 bits per heavy atom. The summed E-state index contributed by atoms with van der Waals surface area (Å²) in [7, 11) is 1.62. The lowest BCUT2D eigenvalue weighted by Gasteiger charge is -2.24. The molecule has 4 N–H and O–H groups in total. The molecule has 0 spiro atoms. The van der Waals surface area contributed by atoms with Gasteiger partial charge in [-0.15, -0.1) is 0 Å². The SMILES string of the molecule is CCC(C(=O)Nc1ccc(C)c(N)c1)N(C)CC(=O)O. The number of nitrogens with two attached hydrogens (primary N) is 1. The van der Waals surface area contributed by atoms with E-state index >= 15 is 0 Å². The third kappa shape index (κ3) is 4.24. The molecule has 0 radical (unpaired) electrons. The topological polar surface area (TPSA) is 95.7 Å². The first-order chi connectivity index (χ1) is 9.35. The van der Waals surface area contributed by atoms with Gasteiger partial charge in [-0.2, -0.15) is 0 Å². The van der Waals surface area contributed by atoms with Gasteiger partial charge in [0.15, 0.2) is 0 Å². The Hall–Kier alpha value is -2.08. The molecule has 0 aliphatic rings. The number of likely N-dealkylation sites (N-methyl/N-ethyl adjacent to an activating group) is 1. The number of anilines is 2. The van der Waals surface area contributed by atoms with Crippen molar-refractivity contribution in [2.45, 2.75) is 26.3 Å². The fourth-order valence-electron chi connectivity index (χ4n) is 1.96. The average Bonchev–Trinajstić information content (AvgIpc) is 2.33. The Morgan fingerprint density at radius 1 is 1.45 bits per heavy atom. The van der Waals surface area contributed by atoms with Gasteiger partial charge in [-0.1, -0.05) is 13.0 Å². The fourth-order valence-corrected chi connectivity index (χ4v) is 1.96. The highest BCUT2D eigenvalue weighted by Crippen LogP contribution is 2.17. The van der Waals surface area contributed by atoms with Crippen molar-refractivity contribution in [1.29, 1.82) is 0 Å². The molecule has 0 fully saturated rings. The molecule has 1 unspecified atom stereocenters. The van der Waals surface area contributed by atoms with E-state index in [1.807, 2.05) is 19.9 Å². The largest absolute Gasteiger partial charge is 0.480 e. The van der Waals surface area contributed by atoms with Crippen LogP contribution in [0.15, 0.2) is 18.2 Å². The summed E-state index contributed by atoms with van der Waals surface area (Å²) in [6.45, 7) is 3.55. The van der Waals surface area contributed by atoms with Crippen molar-refractivity contribution in [3.8, 4) is 0 Å². The normalized spacial score (nSPS) is 12.2. The minimum absolute atomic E-state index is 0.179. The Kier molecular flexibility index (Phi) is 5.52. The molecule has 0 aromatic heterocycles. The average molecular weight is 279 g/mol. The van der Waals surface area contributed by atoms with E-state index < -0.39 is 12.0 Å². The van der Waals surface area contributed by atoms with Gasteiger partial charge in [-0.05, 0) is 38.1 Å². The van der Waals surface area contributed by atoms with Crippen LogP contribution < -0.4 is 11.1 Å². The van der Waals surface area contributed by atoms with Gasteiger partial charge in [0.2, 0.25) is 5.91 Å². The molecule has 20 heavy (non-hydrogen) atoms. The van der Waals surface area contributed by atoms with E-state index in [2.05, 4.69) is 5.32 Å². The summed E-state index contributed by atoms with van der Waals surface area (Å²) >= 11 is 0. The number of aryl methyl sites for hydroxylation is 1. The van der Waals surface area contributed by atoms with Gasteiger partial charge < -0.3 is 16.2 Å². The minimum atomic E-state index is -0.960. The van der Waals surface area contributed by atoms with E-state index in [0.717, 1.165) is 5.56 Å². The second-order valence-corrected chi connectivity index (χ2v) is 4.79. The highest BCUT2D eigenvalue weighted by atomic mass is 16.4. The Balaban J connectivity index is 2.76. The van der Waals surface area contributed by atoms with Crippen LogP contribution in [0.3, 0.4) is 0 Å². The van der Waals surface area contributed by atoms with Crippen LogP contribution in [-0.4, -0.2) is 41.5 Å². The highest BCUT2D eigenvalue weighted by molar-refractivity contribution is 5.95. The van der Waals surface area contributed by atoms with Crippen LogP contribution >= 0.6 is 0 Å². The number of amides is 1.